The van der Waals surface area contributed by atoms with Crippen LogP contribution in [0.1, 0.15) is 32.3 Å². The largest absolute Gasteiger partial charge is 0.471 e. The molecule has 0 aliphatic carbocycles. The molecule has 1 unspecified atom stereocenters. The minimum atomic E-state index is -1.30. The van der Waals surface area contributed by atoms with Crippen LogP contribution in [0.3, 0.4) is 0 Å². The van der Waals surface area contributed by atoms with Crippen molar-refractivity contribution in [2.45, 2.75) is 33.6 Å². The zero-order chi connectivity index (χ0) is 17.8. The third-order valence-corrected chi connectivity index (χ3v) is 5.73. The van der Waals surface area contributed by atoms with Crippen LogP contribution in [0.25, 0.3) is 0 Å². The van der Waals surface area contributed by atoms with Gasteiger partial charge in [-0.1, -0.05) is 13.8 Å². The Bertz CT molecular complexity index is 516. The Morgan fingerprint density at radius 3 is 2.39 bits per heavy atom. The number of carbonyl (C=O) groups is 1. The van der Waals surface area contributed by atoms with Crippen LogP contribution in [0.5, 0.6) is 0 Å². The molecule has 132 valence electrons. The van der Waals surface area contributed by atoms with Gasteiger partial charge in [-0.25, -0.2) is 16.7 Å². The highest BCUT2D eigenvalue weighted by Crippen LogP contribution is 2.30. The third-order valence-electron chi connectivity index (χ3n) is 2.57. The summed E-state index contributed by atoms with van der Waals surface area (Å²) in [5.74, 6) is -0.00577. The van der Waals surface area contributed by atoms with Gasteiger partial charge in [0.1, 0.15) is 16.8 Å². The lowest BCUT2D eigenvalue weighted by Crippen LogP contribution is -2.22. The maximum atomic E-state index is 14.1. The minimum Gasteiger partial charge on any atom is -0.471 e. The van der Waals surface area contributed by atoms with Gasteiger partial charge in [0, 0.05) is 17.1 Å². The molecular weight excluding hydrogens is 344 g/mol. The lowest BCUT2D eigenvalue weighted by molar-refractivity contribution is -0.126. The molecule has 4 nitrogen and oxygen atoms in total. The van der Waals surface area contributed by atoms with Crippen molar-refractivity contribution in [3.8, 4) is 0 Å². The number of carbonyl (C=O) groups excluding carboxylic acids is 1. The zero-order valence-electron chi connectivity index (χ0n) is 13.8. The molecule has 1 aromatic rings. The van der Waals surface area contributed by atoms with Crippen molar-refractivity contribution in [1.82, 2.24) is 0 Å². The molecule has 0 spiro atoms. The maximum absolute atomic E-state index is 14.1. The molecule has 1 rings (SSSR count). The molecule has 1 atom stereocenters. The first-order valence-electron chi connectivity index (χ1n) is 7.17. The molecule has 0 N–H and O–H groups in total. The Labute approximate surface area is 143 Å². The Morgan fingerprint density at radius 2 is 1.91 bits per heavy atom. The minimum absolute atomic E-state index is 0.0342. The van der Waals surface area contributed by atoms with E-state index < -0.39 is 22.6 Å². The van der Waals surface area contributed by atoms with Crippen molar-refractivity contribution in [3.63, 3.8) is 0 Å². The number of halogens is 2. The number of methoxy groups -OCH3 is 1. The SMILES string of the molecule is CCCSN(c1ccc(F)c(C)c1F)S(=O)CCC.COC=O. The predicted octanol–water partition coefficient (Wildman–Crippen LogP) is 4.00. The highest BCUT2D eigenvalue weighted by atomic mass is 32.2. The van der Waals surface area contributed by atoms with E-state index in [0.29, 0.717) is 12.2 Å². The van der Waals surface area contributed by atoms with Crippen molar-refractivity contribution >= 4 is 35.1 Å². The maximum Gasteiger partial charge on any atom is 0.292 e. The molecule has 0 radical (unpaired) electrons. The molecule has 8 heteroatoms. The van der Waals surface area contributed by atoms with E-state index in [9.17, 15) is 13.0 Å². The van der Waals surface area contributed by atoms with Crippen LogP contribution >= 0.6 is 11.9 Å². The van der Waals surface area contributed by atoms with Crippen molar-refractivity contribution in [3.05, 3.63) is 29.3 Å². The van der Waals surface area contributed by atoms with Gasteiger partial charge in [-0.3, -0.25) is 4.79 Å². The van der Waals surface area contributed by atoms with E-state index in [1.165, 1.54) is 41.8 Å². The Morgan fingerprint density at radius 1 is 1.30 bits per heavy atom. The molecule has 0 aliphatic heterocycles. The molecule has 0 fully saturated rings. The standard InChI is InChI=1S/C13H19F2NOS2.C2H4O2/c1-4-8-18-16(19(17)9-5-2)12-7-6-11(14)10(3)13(12)15;1-4-2-3/h6-7H,4-5,8-9H2,1-3H3;2H,1H3. The quantitative estimate of drug-likeness (QED) is 0.515. The van der Waals surface area contributed by atoms with E-state index in [0.717, 1.165) is 18.6 Å². The summed E-state index contributed by atoms with van der Waals surface area (Å²) >= 11 is 1.32. The fourth-order valence-corrected chi connectivity index (χ4v) is 3.88. The van der Waals surface area contributed by atoms with Crippen molar-refractivity contribution in [1.29, 1.82) is 0 Å². The normalized spacial score (nSPS) is 11.2. The smallest absolute Gasteiger partial charge is 0.292 e. The van der Waals surface area contributed by atoms with E-state index in [1.54, 1.807) is 0 Å². The summed E-state index contributed by atoms with van der Waals surface area (Å²) in [4.78, 5) is 8.95. The fourth-order valence-electron chi connectivity index (χ4n) is 1.46. The lowest BCUT2D eigenvalue weighted by atomic mass is 10.2. The van der Waals surface area contributed by atoms with Crippen LogP contribution in [0.2, 0.25) is 0 Å². The highest BCUT2D eigenvalue weighted by Gasteiger charge is 2.20. The average Bonchev–Trinajstić information content (AvgIpc) is 2.55. The van der Waals surface area contributed by atoms with Gasteiger partial charge >= 0.3 is 0 Å². The molecule has 0 saturated heterocycles. The van der Waals surface area contributed by atoms with Crippen LogP contribution in [0.15, 0.2) is 12.1 Å². The molecular formula is C15H23F2NO3S2. The summed E-state index contributed by atoms with van der Waals surface area (Å²) in [7, 11) is 0.0109. The summed E-state index contributed by atoms with van der Waals surface area (Å²) in [6.45, 7) is 5.69. The summed E-state index contributed by atoms with van der Waals surface area (Å²) < 4.78 is 44.9. The molecule has 0 amide bonds. The number of nitrogens with zero attached hydrogens (tertiary/aromatic N) is 1. The number of hydrogen-bond donors (Lipinski definition) is 0. The Kier molecular flexibility index (Phi) is 11.7. The molecule has 0 saturated carbocycles. The number of hydrogen-bond acceptors (Lipinski definition) is 4. The van der Waals surface area contributed by atoms with Gasteiger partial charge < -0.3 is 4.74 Å². The summed E-state index contributed by atoms with van der Waals surface area (Å²) in [6.07, 6.45) is 1.64. The van der Waals surface area contributed by atoms with E-state index in [4.69, 9.17) is 4.79 Å². The van der Waals surface area contributed by atoms with E-state index in [2.05, 4.69) is 4.74 Å². The molecule has 0 aromatic heterocycles. The predicted molar refractivity (Wildman–Crippen MR) is 92.7 cm³/mol. The van der Waals surface area contributed by atoms with Crippen LogP contribution in [-0.2, 0) is 20.5 Å². The van der Waals surface area contributed by atoms with Gasteiger partial charge in [0.05, 0.1) is 12.8 Å². The van der Waals surface area contributed by atoms with Gasteiger partial charge in [0.2, 0.25) is 0 Å². The first-order valence-corrected chi connectivity index (χ1v) is 9.38. The van der Waals surface area contributed by atoms with Gasteiger partial charge in [0.15, 0.2) is 5.82 Å². The van der Waals surface area contributed by atoms with Crippen LogP contribution in [-0.4, -0.2) is 29.3 Å². The Hall–Kier alpha value is -1.15. The summed E-state index contributed by atoms with van der Waals surface area (Å²) in [5, 5.41) is 0. The molecule has 0 aliphatic rings. The zero-order valence-corrected chi connectivity index (χ0v) is 15.4. The summed E-state index contributed by atoms with van der Waals surface area (Å²) in [6, 6.07) is 2.57. The molecule has 1 aromatic carbocycles. The second kappa shape index (κ2) is 12.3. The van der Waals surface area contributed by atoms with Crippen LogP contribution < -0.4 is 3.71 Å². The van der Waals surface area contributed by atoms with Crippen LogP contribution in [0, 0.1) is 18.6 Å². The first kappa shape index (κ1) is 21.9. The Balaban J connectivity index is 0.00000108. The van der Waals surface area contributed by atoms with E-state index >= 15 is 0 Å². The average molecular weight is 367 g/mol. The second-order valence-electron chi connectivity index (χ2n) is 4.45. The van der Waals surface area contributed by atoms with Gasteiger partial charge in [-0.05, 0) is 43.8 Å². The van der Waals surface area contributed by atoms with Gasteiger partial charge in [-0.2, -0.15) is 0 Å². The monoisotopic (exact) mass is 367 g/mol. The number of anilines is 1. The van der Waals surface area contributed by atoms with Crippen LogP contribution in [0.4, 0.5) is 14.5 Å². The molecule has 0 heterocycles. The topological polar surface area (TPSA) is 46.6 Å². The lowest BCUT2D eigenvalue weighted by Gasteiger charge is -2.22. The van der Waals surface area contributed by atoms with E-state index in [-0.39, 0.29) is 11.3 Å². The fraction of sp³-hybridized carbons (Fsp3) is 0.533. The second-order valence-corrected chi connectivity index (χ2v) is 7.13. The van der Waals surface area contributed by atoms with Gasteiger partial charge in [-0.15, -0.1) is 0 Å². The van der Waals surface area contributed by atoms with Crippen molar-refractivity contribution in [2.24, 2.45) is 0 Å². The van der Waals surface area contributed by atoms with Crippen molar-refractivity contribution < 1.29 is 22.5 Å². The number of ether oxygens (including phenoxy) is 1. The molecule has 23 heavy (non-hydrogen) atoms. The van der Waals surface area contributed by atoms with Crippen molar-refractivity contribution in [2.75, 3.05) is 22.3 Å². The third kappa shape index (κ3) is 7.30. The first-order chi connectivity index (χ1) is 10.9. The molecule has 0 bridgehead atoms. The number of benzene rings is 1. The highest BCUT2D eigenvalue weighted by molar-refractivity contribution is 8.12. The van der Waals surface area contributed by atoms with Gasteiger partial charge in [0.25, 0.3) is 6.47 Å². The summed E-state index contributed by atoms with van der Waals surface area (Å²) in [5.41, 5.74) is 0.164. The van der Waals surface area contributed by atoms with E-state index in [1.807, 2.05) is 13.8 Å². The number of rotatable bonds is 8.